The number of rotatable bonds is 4. The van der Waals surface area contributed by atoms with Crippen molar-refractivity contribution >= 4 is 23.4 Å². The van der Waals surface area contributed by atoms with Crippen LogP contribution in [0.3, 0.4) is 0 Å². The van der Waals surface area contributed by atoms with Crippen LogP contribution >= 0.6 is 11.6 Å². The Labute approximate surface area is 175 Å². The van der Waals surface area contributed by atoms with Crippen molar-refractivity contribution in [1.82, 2.24) is 9.47 Å². The van der Waals surface area contributed by atoms with Crippen LogP contribution in [0.2, 0.25) is 5.02 Å². The van der Waals surface area contributed by atoms with Crippen LogP contribution in [-0.4, -0.2) is 34.4 Å². The Morgan fingerprint density at radius 1 is 0.897 bits per heavy atom. The molecule has 2 heterocycles. The van der Waals surface area contributed by atoms with Crippen LogP contribution in [0.15, 0.2) is 67.3 Å². The SMILES string of the molecule is O=C(c1ccc(Cn2cc[n+](C(=O)c3ccc(Cl)cc3)c2)cc1)N1CCCCC1. The van der Waals surface area contributed by atoms with E-state index in [-0.39, 0.29) is 11.8 Å². The number of halogens is 1. The molecule has 4 rings (SSSR count). The summed E-state index contributed by atoms with van der Waals surface area (Å²) in [5.74, 6) is 0.00603. The number of hydrogen-bond acceptors (Lipinski definition) is 2. The molecule has 1 saturated heterocycles. The summed E-state index contributed by atoms with van der Waals surface area (Å²) in [4.78, 5) is 27.1. The molecule has 0 atom stereocenters. The molecule has 148 valence electrons. The molecule has 6 heteroatoms. The fourth-order valence-corrected chi connectivity index (χ4v) is 3.72. The van der Waals surface area contributed by atoms with Crippen LogP contribution in [0, 0.1) is 0 Å². The lowest BCUT2D eigenvalue weighted by Gasteiger charge is -2.26. The van der Waals surface area contributed by atoms with Gasteiger partial charge in [-0.3, -0.25) is 4.79 Å². The molecular weight excluding hydrogens is 386 g/mol. The predicted molar refractivity (Wildman–Crippen MR) is 111 cm³/mol. The summed E-state index contributed by atoms with van der Waals surface area (Å²) in [7, 11) is 0. The van der Waals surface area contributed by atoms with Gasteiger partial charge in [0, 0.05) is 23.7 Å². The Bertz CT molecular complexity index is 1000. The number of nitrogens with zero attached hydrogens (tertiary/aromatic N) is 3. The lowest BCUT2D eigenvalue weighted by molar-refractivity contribution is -0.570. The van der Waals surface area contributed by atoms with Crippen LogP contribution in [0.25, 0.3) is 0 Å². The van der Waals surface area contributed by atoms with E-state index in [1.165, 1.54) is 6.42 Å². The average Bonchev–Trinajstić information content (AvgIpc) is 3.23. The third-order valence-corrected chi connectivity index (χ3v) is 5.48. The van der Waals surface area contributed by atoms with Gasteiger partial charge in [0.15, 0.2) is 0 Å². The molecule has 1 amide bonds. The van der Waals surface area contributed by atoms with Gasteiger partial charge in [0.2, 0.25) is 0 Å². The standard InChI is InChI=1S/C23H23ClN3O2/c24-21-10-8-20(9-11-21)23(29)27-15-14-25(17-27)16-18-4-6-19(7-5-18)22(28)26-12-2-1-3-13-26/h4-11,14-15,17H,1-3,12-13,16H2/q+1. The first kappa shape index (κ1) is 19.4. The highest BCUT2D eigenvalue weighted by Crippen LogP contribution is 2.14. The molecule has 0 N–H and O–H groups in total. The highest BCUT2D eigenvalue weighted by atomic mass is 35.5. The van der Waals surface area contributed by atoms with Gasteiger partial charge in [-0.15, -0.1) is 0 Å². The van der Waals surface area contributed by atoms with E-state index < -0.39 is 0 Å². The molecule has 0 aliphatic carbocycles. The van der Waals surface area contributed by atoms with Crippen molar-refractivity contribution in [2.24, 2.45) is 0 Å². The molecule has 1 aromatic heterocycles. The summed E-state index contributed by atoms with van der Waals surface area (Å²) >= 11 is 5.89. The van der Waals surface area contributed by atoms with Crippen LogP contribution in [0.5, 0.6) is 0 Å². The quantitative estimate of drug-likeness (QED) is 0.616. The van der Waals surface area contributed by atoms with E-state index in [2.05, 4.69) is 0 Å². The van der Waals surface area contributed by atoms with Gasteiger partial charge < -0.3 is 4.90 Å². The van der Waals surface area contributed by atoms with Crippen molar-refractivity contribution in [1.29, 1.82) is 0 Å². The van der Waals surface area contributed by atoms with Gasteiger partial charge in [-0.05, 0) is 61.2 Å². The lowest BCUT2D eigenvalue weighted by atomic mass is 10.1. The second-order valence-electron chi connectivity index (χ2n) is 7.36. The summed E-state index contributed by atoms with van der Waals surface area (Å²) in [5, 5.41) is 0.603. The molecular formula is C23H23ClN3O2+. The van der Waals surface area contributed by atoms with Crippen molar-refractivity contribution in [3.63, 3.8) is 0 Å². The van der Waals surface area contributed by atoms with E-state index in [0.29, 0.717) is 17.1 Å². The number of carbonyl (C=O) groups excluding carboxylic acids is 2. The van der Waals surface area contributed by atoms with E-state index in [1.807, 2.05) is 39.9 Å². The predicted octanol–water partition coefficient (Wildman–Crippen LogP) is 3.79. The third-order valence-electron chi connectivity index (χ3n) is 5.23. The third kappa shape index (κ3) is 4.57. The van der Waals surface area contributed by atoms with Crippen LogP contribution < -0.4 is 4.57 Å². The fraction of sp³-hybridized carbons (Fsp3) is 0.261. The topological polar surface area (TPSA) is 46.2 Å². The fourth-order valence-electron chi connectivity index (χ4n) is 3.59. The average molecular weight is 409 g/mol. The zero-order valence-corrected chi connectivity index (χ0v) is 16.9. The number of piperidine rings is 1. The van der Waals surface area contributed by atoms with E-state index in [9.17, 15) is 9.59 Å². The Hall–Kier alpha value is -2.92. The second-order valence-corrected chi connectivity index (χ2v) is 7.79. The molecule has 0 radical (unpaired) electrons. The van der Waals surface area contributed by atoms with Crippen molar-refractivity contribution in [2.75, 3.05) is 13.1 Å². The van der Waals surface area contributed by atoms with Crippen LogP contribution in [0.1, 0.15) is 45.5 Å². The maximum Gasteiger partial charge on any atom is 0.345 e. The molecule has 1 aliphatic heterocycles. The first-order valence-electron chi connectivity index (χ1n) is 9.86. The highest BCUT2D eigenvalue weighted by molar-refractivity contribution is 6.30. The molecule has 1 fully saturated rings. The van der Waals surface area contributed by atoms with Crippen molar-refractivity contribution < 1.29 is 14.2 Å². The van der Waals surface area contributed by atoms with E-state index in [1.54, 1.807) is 41.4 Å². The molecule has 0 bridgehead atoms. The number of likely N-dealkylation sites (tertiary alicyclic amines) is 1. The Morgan fingerprint density at radius 3 is 2.24 bits per heavy atom. The molecule has 5 nitrogen and oxygen atoms in total. The number of aromatic nitrogens is 2. The Morgan fingerprint density at radius 2 is 1.55 bits per heavy atom. The number of imidazole rings is 1. The van der Waals surface area contributed by atoms with E-state index in [0.717, 1.165) is 37.1 Å². The van der Waals surface area contributed by atoms with Crippen molar-refractivity contribution in [3.8, 4) is 0 Å². The summed E-state index contributed by atoms with van der Waals surface area (Å²) in [6, 6.07) is 14.6. The number of amides is 1. The van der Waals surface area contributed by atoms with E-state index in [4.69, 9.17) is 11.6 Å². The Balaban J connectivity index is 1.41. The van der Waals surface area contributed by atoms with Crippen molar-refractivity contribution in [2.45, 2.75) is 25.8 Å². The molecule has 3 aromatic rings. The molecule has 0 spiro atoms. The Kier molecular flexibility index (Phi) is 5.76. The largest absolute Gasteiger partial charge is 0.345 e. The summed E-state index contributed by atoms with van der Waals surface area (Å²) in [6.45, 7) is 2.33. The van der Waals surface area contributed by atoms with Crippen LogP contribution in [-0.2, 0) is 6.54 Å². The van der Waals surface area contributed by atoms with Gasteiger partial charge in [0.1, 0.15) is 18.9 Å². The molecule has 0 unspecified atom stereocenters. The monoisotopic (exact) mass is 408 g/mol. The van der Waals surface area contributed by atoms with Crippen molar-refractivity contribution in [3.05, 3.63) is 89.0 Å². The van der Waals surface area contributed by atoms with Gasteiger partial charge in [-0.25, -0.2) is 9.36 Å². The molecule has 29 heavy (non-hydrogen) atoms. The molecule has 0 saturated carbocycles. The molecule has 1 aliphatic rings. The second kappa shape index (κ2) is 8.62. The smallest absolute Gasteiger partial charge is 0.339 e. The zero-order chi connectivity index (χ0) is 20.2. The maximum absolute atomic E-state index is 12.6. The summed E-state index contributed by atoms with van der Waals surface area (Å²) in [6.07, 6.45) is 8.76. The van der Waals surface area contributed by atoms with Gasteiger partial charge in [0.05, 0.1) is 5.56 Å². The number of benzene rings is 2. The van der Waals surface area contributed by atoms with Gasteiger partial charge >= 0.3 is 5.91 Å². The van der Waals surface area contributed by atoms with Crippen LogP contribution in [0.4, 0.5) is 0 Å². The van der Waals surface area contributed by atoms with E-state index >= 15 is 0 Å². The van der Waals surface area contributed by atoms with Gasteiger partial charge in [0.25, 0.3) is 12.2 Å². The number of hydrogen-bond donors (Lipinski definition) is 0. The normalized spacial score (nSPS) is 14.0. The summed E-state index contributed by atoms with van der Waals surface area (Å²) < 4.78 is 3.49. The minimum Gasteiger partial charge on any atom is -0.339 e. The summed E-state index contributed by atoms with van der Waals surface area (Å²) in [5.41, 5.74) is 2.38. The first-order valence-corrected chi connectivity index (χ1v) is 10.2. The first-order chi connectivity index (χ1) is 14.1. The lowest BCUT2D eigenvalue weighted by Crippen LogP contribution is -2.40. The maximum atomic E-state index is 12.6. The minimum absolute atomic E-state index is 0.108. The number of carbonyl (C=O) groups is 2. The van der Waals surface area contributed by atoms with Gasteiger partial charge in [-0.2, -0.15) is 4.57 Å². The molecule has 2 aromatic carbocycles. The minimum atomic E-state index is -0.108. The highest BCUT2D eigenvalue weighted by Gasteiger charge is 2.18. The zero-order valence-electron chi connectivity index (χ0n) is 16.1. The van der Waals surface area contributed by atoms with Gasteiger partial charge in [-0.1, -0.05) is 23.7 Å².